The van der Waals surface area contributed by atoms with Gasteiger partial charge in [-0.3, -0.25) is 4.68 Å². The number of benzene rings is 1. The van der Waals surface area contributed by atoms with E-state index < -0.39 is 6.10 Å². The number of aliphatic hydroxyl groups is 1. The van der Waals surface area contributed by atoms with Crippen LogP contribution < -0.4 is 0 Å². The highest BCUT2D eigenvalue weighted by molar-refractivity contribution is 6.35. The minimum Gasteiger partial charge on any atom is -0.389 e. The van der Waals surface area contributed by atoms with Crippen LogP contribution in [0.25, 0.3) is 10.9 Å². The quantitative estimate of drug-likeness (QED) is 0.790. The molecule has 2 aromatic heterocycles. The zero-order valence-corrected chi connectivity index (χ0v) is 14.7. The first-order valence-corrected chi connectivity index (χ1v) is 8.19. The summed E-state index contributed by atoms with van der Waals surface area (Å²) in [6.07, 6.45) is -0.530. The van der Waals surface area contributed by atoms with E-state index in [1.807, 2.05) is 36.7 Å². The maximum absolute atomic E-state index is 10.5. The maximum Gasteiger partial charge on any atom is 0.0914 e. The van der Waals surface area contributed by atoms with Gasteiger partial charge in [0.05, 0.1) is 35.4 Å². The molecule has 3 aromatic rings. The van der Waals surface area contributed by atoms with Crippen molar-refractivity contribution >= 4 is 22.5 Å². The van der Waals surface area contributed by atoms with E-state index in [0.717, 1.165) is 33.0 Å². The van der Waals surface area contributed by atoms with E-state index in [4.69, 9.17) is 11.6 Å². The molecule has 0 aliphatic heterocycles. The Balaban J connectivity index is 1.92. The van der Waals surface area contributed by atoms with Gasteiger partial charge in [0, 0.05) is 16.8 Å². The molecule has 5 heteroatoms. The van der Waals surface area contributed by atoms with E-state index in [2.05, 4.69) is 29.6 Å². The largest absolute Gasteiger partial charge is 0.389 e. The van der Waals surface area contributed by atoms with Gasteiger partial charge in [-0.05, 0) is 45.4 Å². The standard InChI is InChI=1S/C18H22ClN3O/c1-11-8-12(2)22(20-11)10-15(23)9-21-14(4)13(3)16-6-5-7-17(19)18(16)21/h5-8,15,23H,9-10H2,1-4H3. The summed E-state index contributed by atoms with van der Waals surface area (Å²) in [4.78, 5) is 0. The van der Waals surface area contributed by atoms with Gasteiger partial charge in [0.2, 0.25) is 0 Å². The highest BCUT2D eigenvalue weighted by atomic mass is 35.5. The first-order chi connectivity index (χ1) is 10.9. The molecule has 122 valence electrons. The van der Waals surface area contributed by atoms with Crippen molar-refractivity contribution in [2.24, 2.45) is 0 Å². The molecule has 1 aromatic carbocycles. The van der Waals surface area contributed by atoms with Crippen LogP contribution in [0.4, 0.5) is 0 Å². The van der Waals surface area contributed by atoms with Crippen LogP contribution >= 0.6 is 11.6 Å². The summed E-state index contributed by atoms with van der Waals surface area (Å²) in [6, 6.07) is 7.96. The fourth-order valence-corrected chi connectivity index (χ4v) is 3.49. The van der Waals surface area contributed by atoms with Gasteiger partial charge in [-0.1, -0.05) is 23.7 Å². The Morgan fingerprint density at radius 2 is 1.91 bits per heavy atom. The predicted octanol–water partition coefficient (Wildman–Crippen LogP) is 3.79. The Bertz CT molecular complexity index is 863. The van der Waals surface area contributed by atoms with Gasteiger partial charge in [-0.25, -0.2) is 0 Å². The van der Waals surface area contributed by atoms with Crippen molar-refractivity contribution in [1.29, 1.82) is 0 Å². The van der Waals surface area contributed by atoms with Crippen LogP contribution in [-0.2, 0) is 13.1 Å². The normalized spacial score (nSPS) is 13.0. The van der Waals surface area contributed by atoms with E-state index in [0.29, 0.717) is 13.1 Å². The maximum atomic E-state index is 10.5. The molecule has 1 N–H and O–H groups in total. The van der Waals surface area contributed by atoms with Crippen LogP contribution in [0.15, 0.2) is 24.3 Å². The molecule has 0 fully saturated rings. The van der Waals surface area contributed by atoms with Crippen molar-refractivity contribution in [2.45, 2.75) is 46.9 Å². The molecule has 23 heavy (non-hydrogen) atoms. The van der Waals surface area contributed by atoms with E-state index >= 15 is 0 Å². The lowest BCUT2D eigenvalue weighted by atomic mass is 10.2. The first kappa shape index (κ1) is 16.1. The van der Waals surface area contributed by atoms with E-state index in [1.54, 1.807) is 0 Å². The lowest BCUT2D eigenvalue weighted by Crippen LogP contribution is -2.24. The number of hydrogen-bond acceptors (Lipinski definition) is 2. The Morgan fingerprint density at radius 1 is 1.17 bits per heavy atom. The molecular weight excluding hydrogens is 310 g/mol. The minimum absolute atomic E-state index is 0.474. The van der Waals surface area contributed by atoms with Crippen LogP contribution in [0.3, 0.4) is 0 Å². The molecule has 0 saturated carbocycles. The number of hydrogen-bond donors (Lipinski definition) is 1. The SMILES string of the molecule is Cc1cc(C)n(CC(O)Cn2c(C)c(C)c3cccc(Cl)c32)n1. The van der Waals surface area contributed by atoms with Crippen molar-refractivity contribution in [3.05, 3.63) is 51.9 Å². The molecule has 0 saturated heterocycles. The van der Waals surface area contributed by atoms with Gasteiger partial charge < -0.3 is 9.67 Å². The van der Waals surface area contributed by atoms with Crippen LogP contribution in [0.5, 0.6) is 0 Å². The third-order valence-electron chi connectivity index (χ3n) is 4.49. The number of aliphatic hydroxyl groups excluding tert-OH is 1. The number of halogens is 1. The van der Waals surface area contributed by atoms with Crippen LogP contribution in [0, 0.1) is 27.7 Å². The number of aryl methyl sites for hydroxylation is 3. The van der Waals surface area contributed by atoms with Gasteiger partial charge in [0.25, 0.3) is 0 Å². The molecule has 0 amide bonds. The summed E-state index contributed by atoms with van der Waals surface area (Å²) in [6.45, 7) is 9.10. The van der Waals surface area contributed by atoms with Crippen molar-refractivity contribution in [3.8, 4) is 0 Å². The second-order valence-electron chi connectivity index (χ2n) is 6.22. The third kappa shape index (κ3) is 2.89. The fourth-order valence-electron chi connectivity index (χ4n) is 3.21. The Labute approximate surface area is 141 Å². The zero-order valence-electron chi connectivity index (χ0n) is 14.0. The monoisotopic (exact) mass is 331 g/mol. The van der Waals surface area contributed by atoms with E-state index in [-0.39, 0.29) is 0 Å². The Kier molecular flexibility index (Phi) is 4.21. The van der Waals surface area contributed by atoms with Gasteiger partial charge in [-0.15, -0.1) is 0 Å². The second kappa shape index (κ2) is 6.02. The summed E-state index contributed by atoms with van der Waals surface area (Å²) in [5.74, 6) is 0. The Morgan fingerprint density at radius 3 is 2.57 bits per heavy atom. The number of para-hydroxylation sites is 1. The second-order valence-corrected chi connectivity index (χ2v) is 6.63. The molecule has 2 heterocycles. The number of nitrogens with zero attached hydrogens (tertiary/aromatic N) is 3. The van der Waals surface area contributed by atoms with E-state index in [1.165, 1.54) is 5.56 Å². The highest BCUT2D eigenvalue weighted by Gasteiger charge is 2.17. The molecular formula is C18H22ClN3O. The summed E-state index contributed by atoms with van der Waals surface area (Å²) < 4.78 is 3.97. The van der Waals surface area contributed by atoms with Gasteiger partial charge in [0.15, 0.2) is 0 Å². The van der Waals surface area contributed by atoms with Crippen molar-refractivity contribution < 1.29 is 5.11 Å². The van der Waals surface area contributed by atoms with Crippen LogP contribution in [0.2, 0.25) is 5.02 Å². The summed E-state index contributed by atoms with van der Waals surface area (Å²) >= 11 is 6.40. The average Bonchev–Trinajstić information content (AvgIpc) is 2.92. The average molecular weight is 332 g/mol. The topological polar surface area (TPSA) is 43.0 Å². The van der Waals surface area contributed by atoms with Crippen LogP contribution in [0.1, 0.15) is 22.6 Å². The summed E-state index contributed by atoms with van der Waals surface area (Å²) in [7, 11) is 0. The molecule has 0 aliphatic carbocycles. The first-order valence-electron chi connectivity index (χ1n) is 7.81. The number of fused-ring (bicyclic) bond motifs is 1. The number of rotatable bonds is 4. The molecule has 0 bridgehead atoms. The molecule has 1 unspecified atom stereocenters. The zero-order chi connectivity index (χ0) is 16.7. The van der Waals surface area contributed by atoms with Gasteiger partial charge in [-0.2, -0.15) is 5.10 Å². The van der Waals surface area contributed by atoms with Crippen molar-refractivity contribution in [2.75, 3.05) is 0 Å². The van der Waals surface area contributed by atoms with Gasteiger partial charge in [0.1, 0.15) is 0 Å². The lowest BCUT2D eigenvalue weighted by Gasteiger charge is -2.16. The molecule has 0 spiro atoms. The number of aromatic nitrogens is 3. The molecule has 0 aliphatic rings. The smallest absolute Gasteiger partial charge is 0.0914 e. The minimum atomic E-state index is -0.530. The predicted molar refractivity (Wildman–Crippen MR) is 94.1 cm³/mol. The third-order valence-corrected chi connectivity index (χ3v) is 4.79. The molecule has 1 atom stereocenters. The highest BCUT2D eigenvalue weighted by Crippen LogP contribution is 2.30. The lowest BCUT2D eigenvalue weighted by molar-refractivity contribution is 0.130. The Hall–Kier alpha value is -1.78. The van der Waals surface area contributed by atoms with Crippen LogP contribution in [-0.4, -0.2) is 25.6 Å². The molecule has 0 radical (unpaired) electrons. The molecule has 4 nitrogen and oxygen atoms in total. The van der Waals surface area contributed by atoms with E-state index in [9.17, 15) is 5.11 Å². The summed E-state index contributed by atoms with van der Waals surface area (Å²) in [5, 5.41) is 16.8. The molecule has 3 rings (SSSR count). The van der Waals surface area contributed by atoms with Crippen molar-refractivity contribution in [1.82, 2.24) is 14.3 Å². The van der Waals surface area contributed by atoms with Crippen molar-refractivity contribution in [3.63, 3.8) is 0 Å². The van der Waals surface area contributed by atoms with Gasteiger partial charge >= 0.3 is 0 Å². The fraction of sp³-hybridized carbons (Fsp3) is 0.389. The summed E-state index contributed by atoms with van der Waals surface area (Å²) in [5.41, 5.74) is 5.37.